The minimum absolute atomic E-state index is 0.0995. The van der Waals surface area contributed by atoms with E-state index in [4.69, 9.17) is 0 Å². The van der Waals surface area contributed by atoms with Crippen molar-refractivity contribution in [1.82, 2.24) is 10.6 Å². The van der Waals surface area contributed by atoms with Crippen molar-refractivity contribution in [3.8, 4) is 0 Å². The number of carbonyl (C=O) groups excluding carboxylic acids is 4. The highest BCUT2D eigenvalue weighted by molar-refractivity contribution is 5.98. The lowest BCUT2D eigenvalue weighted by Crippen LogP contribution is -2.67. The quantitative estimate of drug-likeness (QED) is 0.564. The average molecular weight is 338 g/mol. The van der Waals surface area contributed by atoms with Crippen molar-refractivity contribution < 1.29 is 29.4 Å². The molecule has 2 amide bonds. The van der Waals surface area contributed by atoms with E-state index in [-0.39, 0.29) is 6.04 Å². The number of aliphatic carboxylic acids is 2. The SMILES string of the molecule is CNC(=O)C1C(C(=O)[O-])C(C(=O)NC2CCC(C)CC2)C1C(=O)[O-]. The number of hydrogen-bond donors (Lipinski definition) is 2. The minimum atomic E-state index is -1.60. The van der Waals surface area contributed by atoms with Gasteiger partial charge >= 0.3 is 0 Å². The van der Waals surface area contributed by atoms with Crippen LogP contribution in [0.2, 0.25) is 0 Å². The van der Waals surface area contributed by atoms with Crippen LogP contribution in [0.25, 0.3) is 0 Å². The van der Waals surface area contributed by atoms with E-state index >= 15 is 0 Å². The van der Waals surface area contributed by atoms with Crippen LogP contribution < -0.4 is 20.8 Å². The van der Waals surface area contributed by atoms with E-state index in [1.165, 1.54) is 7.05 Å². The Hall–Kier alpha value is -2.12. The lowest BCUT2D eigenvalue weighted by atomic mass is 9.55. The summed E-state index contributed by atoms with van der Waals surface area (Å²) in [6.45, 7) is 2.12. The van der Waals surface area contributed by atoms with Crippen molar-refractivity contribution in [2.45, 2.75) is 38.6 Å². The third-order valence-electron chi connectivity index (χ3n) is 5.31. The molecule has 0 aliphatic heterocycles. The van der Waals surface area contributed by atoms with E-state index in [1.807, 2.05) is 0 Å². The van der Waals surface area contributed by atoms with E-state index in [0.717, 1.165) is 25.7 Å². The van der Waals surface area contributed by atoms with E-state index in [9.17, 15) is 29.4 Å². The van der Waals surface area contributed by atoms with Gasteiger partial charge in [-0.3, -0.25) is 9.59 Å². The molecule has 8 nitrogen and oxygen atoms in total. The van der Waals surface area contributed by atoms with Crippen LogP contribution in [0.15, 0.2) is 0 Å². The van der Waals surface area contributed by atoms with Gasteiger partial charge < -0.3 is 30.4 Å². The first-order valence-electron chi connectivity index (χ1n) is 8.21. The van der Waals surface area contributed by atoms with Crippen molar-refractivity contribution in [3.05, 3.63) is 0 Å². The summed E-state index contributed by atoms with van der Waals surface area (Å²) in [5.41, 5.74) is 0. The average Bonchev–Trinajstić information content (AvgIpc) is 2.47. The van der Waals surface area contributed by atoms with E-state index < -0.39 is 47.4 Å². The van der Waals surface area contributed by atoms with Gasteiger partial charge in [-0.05, 0) is 31.6 Å². The maximum atomic E-state index is 12.4. The van der Waals surface area contributed by atoms with Gasteiger partial charge in [0.2, 0.25) is 11.8 Å². The van der Waals surface area contributed by atoms with Crippen LogP contribution in [0.1, 0.15) is 32.6 Å². The Morgan fingerprint density at radius 3 is 1.67 bits per heavy atom. The predicted molar refractivity (Wildman–Crippen MR) is 77.6 cm³/mol. The molecule has 2 N–H and O–H groups in total. The molecule has 2 aliphatic rings. The maximum Gasteiger partial charge on any atom is 0.224 e. The van der Waals surface area contributed by atoms with Crippen LogP contribution in [0.3, 0.4) is 0 Å². The lowest BCUT2D eigenvalue weighted by Gasteiger charge is -2.51. The summed E-state index contributed by atoms with van der Waals surface area (Å²) in [5.74, 6) is -9.64. The van der Waals surface area contributed by atoms with Crippen molar-refractivity contribution in [2.24, 2.45) is 29.6 Å². The molecule has 2 unspecified atom stereocenters. The summed E-state index contributed by atoms with van der Waals surface area (Å²) in [4.78, 5) is 46.9. The lowest BCUT2D eigenvalue weighted by molar-refractivity contribution is -0.333. The van der Waals surface area contributed by atoms with Gasteiger partial charge in [-0.25, -0.2) is 0 Å². The second kappa shape index (κ2) is 7.19. The molecule has 0 heterocycles. The highest BCUT2D eigenvalue weighted by Gasteiger charge is 2.58. The molecule has 134 valence electrons. The molecule has 2 fully saturated rings. The van der Waals surface area contributed by atoms with Crippen molar-refractivity contribution >= 4 is 23.8 Å². The van der Waals surface area contributed by atoms with Gasteiger partial charge in [0.25, 0.3) is 0 Å². The molecule has 0 saturated heterocycles. The molecule has 24 heavy (non-hydrogen) atoms. The summed E-state index contributed by atoms with van der Waals surface area (Å²) in [6, 6.07) is -0.0995. The maximum absolute atomic E-state index is 12.4. The Kier molecular flexibility index (Phi) is 5.46. The van der Waals surface area contributed by atoms with Crippen molar-refractivity contribution in [2.75, 3.05) is 7.05 Å². The molecular weight excluding hydrogens is 316 g/mol. The second-order valence-electron chi connectivity index (χ2n) is 6.82. The Labute approximate surface area is 140 Å². The third-order valence-corrected chi connectivity index (χ3v) is 5.31. The molecule has 0 aromatic carbocycles. The number of rotatable bonds is 5. The third kappa shape index (κ3) is 3.37. The van der Waals surface area contributed by atoms with E-state index in [2.05, 4.69) is 17.6 Å². The molecule has 2 saturated carbocycles. The summed E-state index contributed by atoms with van der Waals surface area (Å²) < 4.78 is 0. The Bertz CT molecular complexity index is 519. The topological polar surface area (TPSA) is 138 Å². The molecule has 8 heteroatoms. The summed E-state index contributed by atoms with van der Waals surface area (Å²) in [5, 5.41) is 27.7. The fourth-order valence-electron chi connectivity index (χ4n) is 3.86. The van der Waals surface area contributed by atoms with Crippen LogP contribution in [0, 0.1) is 29.6 Å². The zero-order chi connectivity index (χ0) is 18.0. The number of carbonyl (C=O) groups is 4. The van der Waals surface area contributed by atoms with Gasteiger partial charge in [0.15, 0.2) is 0 Å². The Morgan fingerprint density at radius 2 is 1.25 bits per heavy atom. The number of nitrogens with one attached hydrogen (secondary N) is 2. The molecule has 2 rings (SSSR count). The summed E-state index contributed by atoms with van der Waals surface area (Å²) in [7, 11) is 1.28. The zero-order valence-corrected chi connectivity index (χ0v) is 13.7. The highest BCUT2D eigenvalue weighted by Crippen LogP contribution is 2.46. The fourth-order valence-corrected chi connectivity index (χ4v) is 3.86. The van der Waals surface area contributed by atoms with Gasteiger partial charge in [0.1, 0.15) is 0 Å². The zero-order valence-electron chi connectivity index (χ0n) is 13.7. The predicted octanol–water partition coefficient (Wildman–Crippen LogP) is -2.59. The molecule has 0 aromatic rings. The highest BCUT2D eigenvalue weighted by atomic mass is 16.4. The molecule has 0 aromatic heterocycles. The largest absolute Gasteiger partial charge is 0.550 e. The number of carboxylic acid groups (broad SMARTS) is 2. The van der Waals surface area contributed by atoms with Gasteiger partial charge in [0, 0.05) is 36.9 Å². The van der Waals surface area contributed by atoms with Gasteiger partial charge in [0.05, 0.1) is 11.8 Å². The van der Waals surface area contributed by atoms with Crippen LogP contribution in [0.4, 0.5) is 0 Å². The smallest absolute Gasteiger partial charge is 0.224 e. The molecule has 2 atom stereocenters. The van der Waals surface area contributed by atoms with Crippen LogP contribution in [0.5, 0.6) is 0 Å². The molecule has 0 radical (unpaired) electrons. The van der Waals surface area contributed by atoms with Crippen molar-refractivity contribution in [3.63, 3.8) is 0 Å². The second-order valence-corrected chi connectivity index (χ2v) is 6.82. The minimum Gasteiger partial charge on any atom is -0.550 e. The molecular formula is C16H22N2O6-2. The normalized spacial score (nSPS) is 35.4. The van der Waals surface area contributed by atoms with Crippen LogP contribution in [-0.4, -0.2) is 36.8 Å². The standard InChI is InChI=1S/C16H24N2O6/c1-7-3-5-8(6-4-7)18-14(20)10-11(15(21)22)9(13(19)17-2)12(10)16(23)24/h7-12H,3-6H2,1-2H3,(H,17,19)(H,18,20)(H,21,22)(H,23,24)/p-2. The first-order valence-corrected chi connectivity index (χ1v) is 8.21. The van der Waals surface area contributed by atoms with Gasteiger partial charge in [-0.15, -0.1) is 0 Å². The first kappa shape index (κ1) is 18.2. The van der Waals surface area contributed by atoms with Crippen molar-refractivity contribution in [1.29, 1.82) is 0 Å². The molecule has 0 spiro atoms. The molecule has 0 bridgehead atoms. The molecule has 2 aliphatic carbocycles. The number of hydrogen-bond acceptors (Lipinski definition) is 6. The van der Waals surface area contributed by atoms with E-state index in [0.29, 0.717) is 5.92 Å². The summed E-state index contributed by atoms with van der Waals surface area (Å²) >= 11 is 0. The number of carboxylic acids is 2. The van der Waals surface area contributed by atoms with Crippen LogP contribution in [-0.2, 0) is 19.2 Å². The monoisotopic (exact) mass is 338 g/mol. The van der Waals surface area contributed by atoms with Gasteiger partial charge in [-0.1, -0.05) is 6.92 Å². The summed E-state index contributed by atoms with van der Waals surface area (Å²) in [6.07, 6.45) is 3.43. The number of amides is 2. The van der Waals surface area contributed by atoms with E-state index in [1.54, 1.807) is 0 Å². The Morgan fingerprint density at radius 1 is 0.792 bits per heavy atom. The Balaban J connectivity index is 2.13. The fraction of sp³-hybridized carbons (Fsp3) is 0.750. The van der Waals surface area contributed by atoms with Crippen LogP contribution >= 0.6 is 0 Å². The van der Waals surface area contributed by atoms with Gasteiger partial charge in [-0.2, -0.15) is 0 Å². The first-order chi connectivity index (χ1) is 11.3.